The summed E-state index contributed by atoms with van der Waals surface area (Å²) in [5.74, 6) is -1.39. The number of halogens is 4. The summed E-state index contributed by atoms with van der Waals surface area (Å²) in [4.78, 5) is 32.6. The molecule has 0 unspecified atom stereocenters. The van der Waals surface area contributed by atoms with E-state index in [4.69, 9.17) is 19.9 Å². The molecule has 204 valence electrons. The molecule has 0 radical (unpaired) electrons. The molecule has 0 saturated heterocycles. The van der Waals surface area contributed by atoms with Crippen molar-refractivity contribution in [2.75, 3.05) is 30.9 Å². The summed E-state index contributed by atoms with van der Waals surface area (Å²) < 4.78 is 45.0. The maximum absolute atomic E-state index is 13.3. The first-order valence-electron chi connectivity index (χ1n) is 12.0. The van der Waals surface area contributed by atoms with Crippen LogP contribution in [0.1, 0.15) is 36.0 Å². The second-order valence-corrected chi connectivity index (χ2v) is 9.17. The van der Waals surface area contributed by atoms with Crippen LogP contribution in [0.15, 0.2) is 48.5 Å². The summed E-state index contributed by atoms with van der Waals surface area (Å²) in [5.41, 5.74) is 1.29. The molecule has 38 heavy (non-hydrogen) atoms. The van der Waals surface area contributed by atoms with E-state index in [1.165, 1.54) is 12.1 Å². The molecular formula is C26H29F4N5O3. The van der Waals surface area contributed by atoms with Gasteiger partial charge in [-0.3, -0.25) is 4.79 Å². The number of nitrogens with zero attached hydrogens (tertiary/aromatic N) is 3. The Kier molecular flexibility index (Phi) is 9.43. The number of aliphatic carboxylic acids is 1. The lowest BCUT2D eigenvalue weighted by atomic mass is 9.86. The Balaban J connectivity index is 0.000000505. The fourth-order valence-electron chi connectivity index (χ4n) is 4.13. The zero-order valence-corrected chi connectivity index (χ0v) is 20.9. The quantitative estimate of drug-likeness (QED) is 0.387. The Morgan fingerprint density at radius 2 is 1.68 bits per heavy atom. The number of alkyl halides is 3. The van der Waals surface area contributed by atoms with Gasteiger partial charge in [0.2, 0.25) is 5.95 Å². The van der Waals surface area contributed by atoms with Crippen LogP contribution in [0.3, 0.4) is 0 Å². The van der Waals surface area contributed by atoms with E-state index < -0.39 is 18.0 Å². The Hall–Kier alpha value is -3.96. The molecular weight excluding hydrogens is 506 g/mol. The zero-order valence-electron chi connectivity index (χ0n) is 20.9. The number of carboxylic acid groups (broad SMARTS) is 1. The summed E-state index contributed by atoms with van der Waals surface area (Å²) in [6, 6.07) is 14.1. The molecule has 0 spiro atoms. The van der Waals surface area contributed by atoms with Gasteiger partial charge in [0.1, 0.15) is 11.6 Å². The van der Waals surface area contributed by atoms with Gasteiger partial charge in [0.15, 0.2) is 0 Å². The normalized spacial score (nSPS) is 17.2. The third kappa shape index (κ3) is 8.02. The second-order valence-electron chi connectivity index (χ2n) is 9.17. The van der Waals surface area contributed by atoms with Gasteiger partial charge in [-0.1, -0.05) is 18.2 Å². The number of para-hydroxylation sites is 1. The first kappa shape index (κ1) is 28.6. The molecule has 0 aliphatic heterocycles. The van der Waals surface area contributed by atoms with E-state index in [1.54, 1.807) is 12.1 Å². The molecule has 3 aromatic rings. The van der Waals surface area contributed by atoms with E-state index in [9.17, 15) is 22.4 Å². The molecule has 1 aromatic heterocycles. The van der Waals surface area contributed by atoms with Crippen molar-refractivity contribution < 1.29 is 32.3 Å². The Morgan fingerprint density at radius 3 is 2.29 bits per heavy atom. The van der Waals surface area contributed by atoms with Crippen molar-refractivity contribution in [1.82, 2.24) is 15.3 Å². The number of amides is 1. The summed E-state index contributed by atoms with van der Waals surface area (Å²) in [7, 11) is 3.98. The Bertz CT molecular complexity index is 1260. The van der Waals surface area contributed by atoms with Crippen LogP contribution in [0.4, 0.5) is 29.3 Å². The highest BCUT2D eigenvalue weighted by Crippen LogP contribution is 2.28. The van der Waals surface area contributed by atoms with Gasteiger partial charge in [-0.05, 0) is 61.9 Å². The molecule has 1 heterocycles. The van der Waals surface area contributed by atoms with Gasteiger partial charge in [0.05, 0.1) is 5.52 Å². The molecule has 1 saturated carbocycles. The maximum Gasteiger partial charge on any atom is 0.490 e. The number of rotatable bonds is 6. The lowest BCUT2D eigenvalue weighted by Gasteiger charge is -2.29. The standard InChI is InChI=1S/C24H28FN5O.C2HF3O2/c1-30(2)22-20-8-3-4-9-21(20)28-24(29-22)27-19-12-10-16(11-13-19)15-26-23(31)17-6-5-7-18(25)14-17;3-2(4,5)1(6)7/h3-9,14,16,19H,10-13,15H2,1-2H3,(H,26,31)(H,27,28,29);(H,6,7). The van der Waals surface area contributed by atoms with Crippen LogP contribution in [0.25, 0.3) is 10.9 Å². The largest absolute Gasteiger partial charge is 0.490 e. The van der Waals surface area contributed by atoms with E-state index >= 15 is 0 Å². The predicted molar refractivity (Wildman–Crippen MR) is 136 cm³/mol. The molecule has 1 fully saturated rings. The van der Waals surface area contributed by atoms with Gasteiger partial charge in [0.25, 0.3) is 5.91 Å². The van der Waals surface area contributed by atoms with Crippen molar-refractivity contribution in [3.05, 3.63) is 59.9 Å². The topological polar surface area (TPSA) is 107 Å². The van der Waals surface area contributed by atoms with Crippen LogP contribution in [0.2, 0.25) is 0 Å². The number of hydrogen-bond donors (Lipinski definition) is 3. The van der Waals surface area contributed by atoms with Crippen LogP contribution in [0.5, 0.6) is 0 Å². The first-order chi connectivity index (χ1) is 17.9. The number of carboxylic acids is 1. The molecule has 1 aliphatic carbocycles. The fourth-order valence-corrected chi connectivity index (χ4v) is 4.13. The molecule has 0 atom stereocenters. The van der Waals surface area contributed by atoms with Gasteiger partial charge < -0.3 is 20.6 Å². The average molecular weight is 536 g/mol. The smallest absolute Gasteiger partial charge is 0.475 e. The van der Waals surface area contributed by atoms with E-state index in [1.807, 2.05) is 43.3 Å². The molecule has 8 nitrogen and oxygen atoms in total. The van der Waals surface area contributed by atoms with Crippen molar-refractivity contribution in [1.29, 1.82) is 0 Å². The second kappa shape index (κ2) is 12.5. The van der Waals surface area contributed by atoms with Gasteiger partial charge >= 0.3 is 12.1 Å². The van der Waals surface area contributed by atoms with Crippen LogP contribution in [-0.2, 0) is 4.79 Å². The van der Waals surface area contributed by atoms with Crippen LogP contribution in [0, 0.1) is 11.7 Å². The summed E-state index contributed by atoms with van der Waals surface area (Å²) in [5, 5.41) is 14.6. The minimum atomic E-state index is -5.08. The summed E-state index contributed by atoms with van der Waals surface area (Å²) in [6.45, 7) is 0.610. The molecule has 2 aromatic carbocycles. The van der Waals surface area contributed by atoms with Crippen LogP contribution in [-0.4, -0.2) is 59.8 Å². The van der Waals surface area contributed by atoms with Gasteiger partial charge in [-0.25, -0.2) is 14.2 Å². The molecule has 4 rings (SSSR count). The Morgan fingerprint density at radius 1 is 1.03 bits per heavy atom. The van der Waals surface area contributed by atoms with E-state index in [-0.39, 0.29) is 5.91 Å². The number of aromatic nitrogens is 2. The van der Waals surface area contributed by atoms with E-state index in [2.05, 4.69) is 10.6 Å². The van der Waals surface area contributed by atoms with Crippen molar-refractivity contribution in [3.63, 3.8) is 0 Å². The lowest BCUT2D eigenvalue weighted by Crippen LogP contribution is -2.34. The third-order valence-corrected chi connectivity index (χ3v) is 6.07. The van der Waals surface area contributed by atoms with Crippen molar-refractivity contribution in [3.8, 4) is 0 Å². The number of fused-ring (bicyclic) bond motifs is 1. The molecule has 1 amide bonds. The number of hydrogen-bond acceptors (Lipinski definition) is 6. The number of nitrogens with one attached hydrogen (secondary N) is 2. The van der Waals surface area contributed by atoms with Crippen LogP contribution < -0.4 is 15.5 Å². The molecule has 3 N–H and O–H groups in total. The third-order valence-electron chi connectivity index (χ3n) is 6.07. The monoisotopic (exact) mass is 535 g/mol. The highest BCUT2D eigenvalue weighted by Gasteiger charge is 2.38. The van der Waals surface area contributed by atoms with E-state index in [0.29, 0.717) is 30.0 Å². The van der Waals surface area contributed by atoms with Gasteiger partial charge in [-0.15, -0.1) is 0 Å². The predicted octanol–water partition coefficient (Wildman–Crippen LogP) is 4.87. The number of benzene rings is 2. The van der Waals surface area contributed by atoms with Gasteiger partial charge in [-0.2, -0.15) is 18.2 Å². The molecule has 1 aliphatic rings. The SMILES string of the molecule is CN(C)c1nc(NC2CCC(CNC(=O)c3cccc(F)c3)CC2)nc2ccccc12.O=C(O)C(F)(F)F. The van der Waals surface area contributed by atoms with Crippen molar-refractivity contribution in [2.45, 2.75) is 37.9 Å². The highest BCUT2D eigenvalue weighted by molar-refractivity contribution is 5.94. The van der Waals surface area contributed by atoms with E-state index in [0.717, 1.165) is 42.4 Å². The zero-order chi connectivity index (χ0) is 27.9. The summed E-state index contributed by atoms with van der Waals surface area (Å²) in [6.07, 6.45) is -1.08. The minimum absolute atomic E-state index is 0.222. The molecule has 0 bridgehead atoms. The highest BCUT2D eigenvalue weighted by atomic mass is 19.4. The summed E-state index contributed by atoms with van der Waals surface area (Å²) >= 11 is 0. The average Bonchev–Trinajstić information content (AvgIpc) is 2.87. The molecule has 12 heteroatoms. The first-order valence-corrected chi connectivity index (χ1v) is 12.0. The maximum atomic E-state index is 13.3. The number of carbonyl (C=O) groups excluding carboxylic acids is 1. The lowest BCUT2D eigenvalue weighted by molar-refractivity contribution is -0.192. The number of anilines is 2. The van der Waals surface area contributed by atoms with Gasteiger partial charge in [0, 0.05) is 37.6 Å². The van der Waals surface area contributed by atoms with Crippen molar-refractivity contribution in [2.24, 2.45) is 5.92 Å². The minimum Gasteiger partial charge on any atom is -0.475 e. The number of carbonyl (C=O) groups is 2. The van der Waals surface area contributed by atoms with Crippen LogP contribution >= 0.6 is 0 Å². The Labute approximate surface area is 217 Å². The fraction of sp³-hybridized carbons (Fsp3) is 0.385. The van der Waals surface area contributed by atoms with Crippen molar-refractivity contribution >= 4 is 34.5 Å².